The molecule has 0 radical (unpaired) electrons. The van der Waals surface area contributed by atoms with Crippen LogP contribution in [0.15, 0.2) is 71.6 Å². The normalized spacial score (nSPS) is 11.1. The molecule has 1 N–H and O–H groups in total. The van der Waals surface area contributed by atoms with Crippen molar-refractivity contribution in [2.75, 3.05) is 18.7 Å². The number of nitro groups is 1. The minimum atomic E-state index is -3.72. The smallest absolute Gasteiger partial charge is 0.310 e. The summed E-state index contributed by atoms with van der Waals surface area (Å²) < 4.78 is 28.9. The second kappa shape index (κ2) is 8.32. The Morgan fingerprint density at radius 1 is 0.966 bits per heavy atom. The van der Waals surface area contributed by atoms with Crippen LogP contribution in [0.2, 0.25) is 0 Å². The molecule has 0 aliphatic rings. The van der Waals surface area contributed by atoms with Crippen LogP contribution in [0.25, 0.3) is 11.1 Å². The number of nitrogens with zero attached hydrogens (tertiary/aromatic N) is 1. The Bertz CT molecular complexity index is 1120. The van der Waals surface area contributed by atoms with Crippen LogP contribution < -0.4 is 10.1 Å². The molecule has 3 aromatic rings. The van der Waals surface area contributed by atoms with Crippen LogP contribution in [-0.4, -0.2) is 26.7 Å². The lowest BCUT2D eigenvalue weighted by molar-refractivity contribution is -0.386. The molecule has 3 aromatic carbocycles. The summed E-state index contributed by atoms with van der Waals surface area (Å²) in [6, 6.07) is 19.7. The van der Waals surface area contributed by atoms with Crippen molar-refractivity contribution >= 4 is 21.2 Å². The highest BCUT2D eigenvalue weighted by atomic mass is 32.2. The molecule has 0 spiro atoms. The molecule has 0 heterocycles. The highest BCUT2D eigenvalue weighted by Crippen LogP contribution is 2.32. The molecule has 0 amide bonds. The Morgan fingerprint density at radius 2 is 1.55 bits per heavy atom. The Morgan fingerprint density at radius 3 is 2.07 bits per heavy atom. The summed E-state index contributed by atoms with van der Waals surface area (Å²) in [6.45, 7) is 0.316. The minimum absolute atomic E-state index is 0.164. The van der Waals surface area contributed by atoms with Gasteiger partial charge in [-0.1, -0.05) is 42.5 Å². The van der Waals surface area contributed by atoms with Gasteiger partial charge in [-0.2, -0.15) is 0 Å². The largest absolute Gasteiger partial charge is 0.497 e. The summed E-state index contributed by atoms with van der Waals surface area (Å²) in [7, 11) is -2.10. The quantitative estimate of drug-likeness (QED) is 0.459. The van der Waals surface area contributed by atoms with Gasteiger partial charge in [-0.3, -0.25) is 10.1 Å². The third-order valence-corrected chi connectivity index (χ3v) is 5.57. The van der Waals surface area contributed by atoms with Gasteiger partial charge < -0.3 is 10.1 Å². The molecule has 0 aromatic heterocycles. The Hall–Kier alpha value is -3.39. The highest BCUT2D eigenvalue weighted by molar-refractivity contribution is 7.90. The van der Waals surface area contributed by atoms with E-state index >= 15 is 0 Å². The van der Waals surface area contributed by atoms with Crippen molar-refractivity contribution in [3.05, 3.63) is 82.4 Å². The Balaban J connectivity index is 1.79. The zero-order chi connectivity index (χ0) is 21.0. The summed E-state index contributed by atoms with van der Waals surface area (Å²) in [5.41, 5.74) is 2.70. The zero-order valence-electron chi connectivity index (χ0n) is 16.0. The number of anilines is 1. The fraction of sp³-hybridized carbons (Fsp3) is 0.143. The lowest BCUT2D eigenvalue weighted by Crippen LogP contribution is -2.07. The first kappa shape index (κ1) is 20.3. The van der Waals surface area contributed by atoms with E-state index in [1.165, 1.54) is 18.2 Å². The average Bonchev–Trinajstić information content (AvgIpc) is 2.71. The van der Waals surface area contributed by atoms with E-state index in [2.05, 4.69) is 5.32 Å². The van der Waals surface area contributed by atoms with E-state index in [1.807, 2.05) is 48.5 Å². The second-order valence-electron chi connectivity index (χ2n) is 6.46. The minimum Gasteiger partial charge on any atom is -0.497 e. The number of hydrogen-bond donors (Lipinski definition) is 1. The molecule has 0 atom stereocenters. The van der Waals surface area contributed by atoms with Crippen LogP contribution in [0.4, 0.5) is 11.4 Å². The first-order valence-corrected chi connectivity index (χ1v) is 10.6. The van der Waals surface area contributed by atoms with Crippen molar-refractivity contribution in [1.29, 1.82) is 0 Å². The van der Waals surface area contributed by atoms with Crippen molar-refractivity contribution in [1.82, 2.24) is 0 Å². The van der Waals surface area contributed by atoms with Crippen molar-refractivity contribution in [3.63, 3.8) is 0 Å². The molecule has 150 valence electrons. The average molecular weight is 412 g/mol. The van der Waals surface area contributed by atoms with Gasteiger partial charge in [-0.25, -0.2) is 8.42 Å². The topological polar surface area (TPSA) is 98.5 Å². The van der Waals surface area contributed by atoms with E-state index in [0.29, 0.717) is 6.54 Å². The number of para-hydroxylation sites is 1. The van der Waals surface area contributed by atoms with Crippen LogP contribution in [0.5, 0.6) is 5.75 Å². The number of benzene rings is 3. The molecule has 0 unspecified atom stereocenters. The van der Waals surface area contributed by atoms with Gasteiger partial charge >= 0.3 is 5.69 Å². The first-order valence-electron chi connectivity index (χ1n) is 8.74. The summed E-state index contributed by atoms with van der Waals surface area (Å²) >= 11 is 0. The molecule has 0 fully saturated rings. The number of nitrogens with one attached hydrogen (secondary N) is 1. The van der Waals surface area contributed by atoms with Gasteiger partial charge in [0.1, 0.15) is 16.3 Å². The lowest BCUT2D eigenvalue weighted by Gasteiger charge is -2.10. The predicted molar refractivity (Wildman–Crippen MR) is 112 cm³/mol. The van der Waals surface area contributed by atoms with Crippen LogP contribution in [0, 0.1) is 10.1 Å². The standard InChI is InChI=1S/C21H20N2O5S/c1-28-18-12-10-17(11-13-18)16-8-6-15(7-9-16)14-22-19-4-3-5-20(29(2,26)27)21(19)23(24)25/h3-13,22H,14H2,1-2H3. The maximum Gasteiger partial charge on any atom is 0.310 e. The molecule has 0 aliphatic carbocycles. The fourth-order valence-electron chi connectivity index (χ4n) is 2.95. The number of methoxy groups -OCH3 is 1. The Kier molecular flexibility index (Phi) is 5.84. The van der Waals surface area contributed by atoms with Gasteiger partial charge in [0.25, 0.3) is 0 Å². The van der Waals surface area contributed by atoms with E-state index in [1.54, 1.807) is 7.11 Å². The molecular formula is C21H20N2O5S. The number of sulfone groups is 1. The van der Waals surface area contributed by atoms with E-state index < -0.39 is 20.4 Å². The molecule has 29 heavy (non-hydrogen) atoms. The number of hydrogen-bond acceptors (Lipinski definition) is 6. The molecular weight excluding hydrogens is 392 g/mol. The third-order valence-electron chi connectivity index (χ3n) is 4.44. The van der Waals surface area contributed by atoms with E-state index in [-0.39, 0.29) is 10.6 Å². The van der Waals surface area contributed by atoms with Gasteiger partial charge in [0, 0.05) is 12.8 Å². The van der Waals surface area contributed by atoms with Crippen molar-refractivity contribution in [2.45, 2.75) is 11.4 Å². The maximum atomic E-state index is 11.9. The Labute approximate surface area is 169 Å². The number of ether oxygens (including phenoxy) is 1. The maximum absolute atomic E-state index is 11.9. The molecule has 3 rings (SSSR count). The van der Waals surface area contributed by atoms with Gasteiger partial charge in [0.15, 0.2) is 9.84 Å². The summed E-state index contributed by atoms with van der Waals surface area (Å²) in [4.78, 5) is 10.5. The molecule has 0 saturated carbocycles. The van der Waals surface area contributed by atoms with Crippen LogP contribution in [-0.2, 0) is 16.4 Å². The summed E-state index contributed by atoms with van der Waals surface area (Å²) in [5.74, 6) is 0.785. The lowest BCUT2D eigenvalue weighted by atomic mass is 10.0. The van der Waals surface area contributed by atoms with Crippen LogP contribution in [0.3, 0.4) is 0 Å². The van der Waals surface area contributed by atoms with Gasteiger partial charge in [-0.15, -0.1) is 0 Å². The van der Waals surface area contributed by atoms with Crippen molar-refractivity contribution in [2.24, 2.45) is 0 Å². The zero-order valence-corrected chi connectivity index (χ0v) is 16.8. The molecule has 0 aliphatic heterocycles. The first-order chi connectivity index (χ1) is 13.8. The van der Waals surface area contributed by atoms with Crippen LogP contribution in [0.1, 0.15) is 5.56 Å². The predicted octanol–water partition coefficient (Wildman–Crippen LogP) is 4.29. The second-order valence-corrected chi connectivity index (χ2v) is 8.44. The van der Waals surface area contributed by atoms with E-state index in [9.17, 15) is 18.5 Å². The van der Waals surface area contributed by atoms with Gasteiger partial charge in [0.2, 0.25) is 0 Å². The number of nitro benzene ring substituents is 1. The summed E-state index contributed by atoms with van der Waals surface area (Å²) in [5, 5.41) is 14.4. The van der Waals surface area contributed by atoms with Gasteiger partial charge in [-0.05, 0) is 41.0 Å². The monoisotopic (exact) mass is 412 g/mol. The van der Waals surface area contributed by atoms with Crippen molar-refractivity contribution < 1.29 is 18.1 Å². The van der Waals surface area contributed by atoms with Crippen LogP contribution >= 0.6 is 0 Å². The molecule has 7 nitrogen and oxygen atoms in total. The number of rotatable bonds is 7. The third kappa shape index (κ3) is 4.72. The molecule has 8 heteroatoms. The fourth-order valence-corrected chi connectivity index (χ4v) is 3.81. The summed E-state index contributed by atoms with van der Waals surface area (Å²) in [6.07, 6.45) is 0.955. The van der Waals surface area contributed by atoms with E-state index in [0.717, 1.165) is 28.7 Å². The SMILES string of the molecule is COc1ccc(-c2ccc(CNc3cccc(S(C)(=O)=O)c3[N+](=O)[O-])cc2)cc1. The van der Waals surface area contributed by atoms with E-state index in [4.69, 9.17) is 4.74 Å². The van der Waals surface area contributed by atoms with Gasteiger partial charge in [0.05, 0.1) is 12.0 Å². The van der Waals surface area contributed by atoms with Crippen molar-refractivity contribution in [3.8, 4) is 16.9 Å². The highest BCUT2D eigenvalue weighted by Gasteiger charge is 2.25. The molecule has 0 bridgehead atoms. The molecule has 0 saturated heterocycles.